The molecule has 0 atom stereocenters. The number of nitrogens with zero attached hydrogens (tertiary/aromatic N) is 2. The molecule has 0 aliphatic rings. The van der Waals surface area contributed by atoms with Crippen molar-refractivity contribution in [3.63, 3.8) is 0 Å². The Kier molecular flexibility index (Phi) is 11.0. The fraction of sp³-hybridized carbons (Fsp3) is 0.282. The first-order valence-electron chi connectivity index (χ1n) is 15.3. The molecule has 0 amide bonds. The first-order valence-corrected chi connectivity index (χ1v) is 19.6. The summed E-state index contributed by atoms with van der Waals surface area (Å²) in [6.07, 6.45) is 5.06. The standard InChI is InChI=1S/C20H15FNS.C19H26NSi.Ir/c1-12(2)13-8-9-22-18(10-13)17-5-3-4-16-15-7-6-14(21)11-19(15)23-20(16)17;1-19(2,3)13-16-12-17(15-10-8-7-9-11-15)20-14-18(16)21(4,5)6;/h3-4,6-12H,1-2H3;7-10,12,14H,13H2,1-6H3;/q2*-1;. The minimum atomic E-state index is -1.37. The molecule has 2 nitrogen and oxygen atoms in total. The Hall–Kier alpha value is -3.02. The molecule has 45 heavy (non-hydrogen) atoms. The number of hydrogen-bond donors (Lipinski definition) is 0. The second-order valence-electron chi connectivity index (χ2n) is 14.0. The summed E-state index contributed by atoms with van der Waals surface area (Å²) < 4.78 is 15.6. The van der Waals surface area contributed by atoms with E-state index in [1.54, 1.807) is 17.4 Å². The van der Waals surface area contributed by atoms with Gasteiger partial charge in [-0.05, 0) is 62.6 Å². The van der Waals surface area contributed by atoms with Gasteiger partial charge >= 0.3 is 0 Å². The molecule has 6 heteroatoms. The van der Waals surface area contributed by atoms with Gasteiger partial charge in [-0.15, -0.1) is 59.7 Å². The van der Waals surface area contributed by atoms with Crippen molar-refractivity contribution in [2.45, 2.75) is 66.6 Å². The van der Waals surface area contributed by atoms with Crippen LogP contribution < -0.4 is 5.19 Å². The third kappa shape index (κ3) is 8.42. The summed E-state index contributed by atoms with van der Waals surface area (Å²) in [7, 11) is -1.37. The van der Waals surface area contributed by atoms with Crippen molar-refractivity contribution in [1.82, 2.24) is 9.97 Å². The minimum absolute atomic E-state index is 0. The van der Waals surface area contributed by atoms with E-state index in [1.165, 1.54) is 22.4 Å². The van der Waals surface area contributed by atoms with E-state index < -0.39 is 8.07 Å². The van der Waals surface area contributed by atoms with E-state index in [1.807, 2.05) is 42.6 Å². The molecule has 6 rings (SSSR count). The van der Waals surface area contributed by atoms with Gasteiger partial charge in [-0.25, -0.2) is 4.39 Å². The predicted molar refractivity (Wildman–Crippen MR) is 190 cm³/mol. The van der Waals surface area contributed by atoms with E-state index in [2.05, 4.69) is 102 Å². The van der Waals surface area contributed by atoms with Gasteiger partial charge < -0.3 is 9.97 Å². The first-order chi connectivity index (χ1) is 20.8. The van der Waals surface area contributed by atoms with Gasteiger partial charge in [0.25, 0.3) is 0 Å². The number of rotatable bonds is 5. The fourth-order valence-electron chi connectivity index (χ4n) is 5.44. The van der Waals surface area contributed by atoms with Crippen LogP contribution in [-0.2, 0) is 26.5 Å². The molecular weight excluding hydrogens is 768 g/mol. The maximum atomic E-state index is 13.5. The number of benzene rings is 3. The normalized spacial score (nSPS) is 11.8. The number of fused-ring (bicyclic) bond motifs is 3. The van der Waals surface area contributed by atoms with Gasteiger partial charge in [-0.2, -0.15) is 11.3 Å². The molecule has 3 aromatic carbocycles. The third-order valence-electron chi connectivity index (χ3n) is 7.61. The zero-order valence-corrected chi connectivity index (χ0v) is 31.6. The topological polar surface area (TPSA) is 25.8 Å². The average Bonchev–Trinajstić information content (AvgIpc) is 3.34. The summed E-state index contributed by atoms with van der Waals surface area (Å²) in [5, 5.41) is 3.70. The number of pyridine rings is 2. The summed E-state index contributed by atoms with van der Waals surface area (Å²) in [4.78, 5) is 9.24. The van der Waals surface area contributed by atoms with Crippen molar-refractivity contribution < 1.29 is 24.5 Å². The Morgan fingerprint density at radius 2 is 1.64 bits per heavy atom. The quantitative estimate of drug-likeness (QED) is 0.128. The summed E-state index contributed by atoms with van der Waals surface area (Å²) in [5.41, 5.74) is 7.04. The molecule has 3 aromatic heterocycles. The van der Waals surface area contributed by atoms with Crippen LogP contribution in [-0.4, -0.2) is 18.0 Å². The molecule has 0 N–H and O–H groups in total. The Labute approximate surface area is 286 Å². The van der Waals surface area contributed by atoms with Crippen LogP contribution in [0.4, 0.5) is 4.39 Å². The predicted octanol–water partition coefficient (Wildman–Crippen LogP) is 10.9. The molecule has 0 saturated carbocycles. The van der Waals surface area contributed by atoms with E-state index in [0.29, 0.717) is 5.92 Å². The van der Waals surface area contributed by atoms with Gasteiger partial charge in [-0.3, -0.25) is 0 Å². The van der Waals surface area contributed by atoms with Crippen molar-refractivity contribution in [2.75, 3.05) is 0 Å². The Morgan fingerprint density at radius 1 is 0.867 bits per heavy atom. The van der Waals surface area contributed by atoms with Crippen LogP contribution in [0.5, 0.6) is 0 Å². The van der Waals surface area contributed by atoms with Crippen LogP contribution >= 0.6 is 11.3 Å². The Bertz CT molecular complexity index is 1900. The van der Waals surface area contributed by atoms with Gasteiger partial charge in [0, 0.05) is 37.2 Å². The van der Waals surface area contributed by atoms with Gasteiger partial charge in [0.15, 0.2) is 0 Å². The number of thiophene rings is 1. The van der Waals surface area contributed by atoms with Crippen molar-refractivity contribution in [1.29, 1.82) is 0 Å². The van der Waals surface area contributed by atoms with Gasteiger partial charge in [0.1, 0.15) is 5.82 Å². The van der Waals surface area contributed by atoms with E-state index in [0.717, 1.165) is 49.1 Å². The first kappa shape index (κ1) is 34.8. The minimum Gasteiger partial charge on any atom is -0.305 e. The van der Waals surface area contributed by atoms with Gasteiger partial charge in [0.05, 0.1) is 8.07 Å². The van der Waals surface area contributed by atoms with Crippen molar-refractivity contribution in [3.05, 3.63) is 114 Å². The molecule has 0 unspecified atom stereocenters. The maximum absolute atomic E-state index is 13.5. The Balaban J connectivity index is 0.000000201. The van der Waals surface area contributed by atoms with Crippen molar-refractivity contribution >= 4 is 44.8 Å². The largest absolute Gasteiger partial charge is 0.305 e. The molecule has 0 spiro atoms. The average molecular weight is 809 g/mol. The van der Waals surface area contributed by atoms with Crippen LogP contribution in [0.3, 0.4) is 0 Å². The van der Waals surface area contributed by atoms with E-state index in [9.17, 15) is 4.39 Å². The van der Waals surface area contributed by atoms with Crippen molar-refractivity contribution in [3.8, 4) is 22.5 Å². The smallest absolute Gasteiger partial charge is 0.124 e. The number of hydrogen-bond acceptors (Lipinski definition) is 3. The molecule has 0 saturated heterocycles. The van der Waals surface area contributed by atoms with Gasteiger partial charge in [-0.1, -0.05) is 89.0 Å². The third-order valence-corrected chi connectivity index (χ3v) is 10.9. The monoisotopic (exact) mass is 809 g/mol. The molecule has 6 aromatic rings. The number of halogens is 1. The van der Waals surface area contributed by atoms with E-state index >= 15 is 0 Å². The zero-order chi connectivity index (χ0) is 31.6. The van der Waals surface area contributed by atoms with Crippen molar-refractivity contribution in [2.24, 2.45) is 5.41 Å². The molecular formula is C39H41FIrN2SSi-2. The summed E-state index contributed by atoms with van der Waals surface area (Å²) in [6, 6.07) is 30.1. The second-order valence-corrected chi connectivity index (χ2v) is 20.0. The van der Waals surface area contributed by atoms with Crippen LogP contribution in [0.2, 0.25) is 19.6 Å². The van der Waals surface area contributed by atoms with Crippen LogP contribution in [0.25, 0.3) is 42.7 Å². The van der Waals surface area contributed by atoms with E-state index in [4.69, 9.17) is 4.98 Å². The molecule has 3 heterocycles. The van der Waals surface area contributed by atoms with Crippen LogP contribution in [0.15, 0.2) is 85.2 Å². The zero-order valence-electron chi connectivity index (χ0n) is 27.4. The van der Waals surface area contributed by atoms with E-state index in [-0.39, 0.29) is 31.3 Å². The second kappa shape index (κ2) is 14.2. The molecule has 0 aliphatic carbocycles. The summed E-state index contributed by atoms with van der Waals surface area (Å²) >= 11 is 1.60. The maximum Gasteiger partial charge on any atom is 0.124 e. The molecule has 0 bridgehead atoms. The number of aromatic nitrogens is 2. The SMILES string of the molecule is CC(C)(C)Cc1cc(-c2[c-]cccc2)ncc1[Si](C)(C)C.CC(C)c1ccnc(-c2[c-]ccc3c2sc2cc(F)ccc23)c1.[Ir]. The fourth-order valence-corrected chi connectivity index (χ4v) is 8.25. The molecule has 1 radical (unpaired) electrons. The Morgan fingerprint density at radius 3 is 2.31 bits per heavy atom. The molecule has 0 fully saturated rings. The summed E-state index contributed by atoms with van der Waals surface area (Å²) in [5.74, 6) is 0.252. The van der Waals surface area contributed by atoms with Gasteiger partial charge in [0.2, 0.25) is 0 Å². The molecule has 235 valence electrons. The van der Waals surface area contributed by atoms with Crippen LogP contribution in [0, 0.1) is 23.4 Å². The molecule has 0 aliphatic heterocycles. The summed E-state index contributed by atoms with van der Waals surface area (Å²) in [6.45, 7) is 18.4. The van der Waals surface area contributed by atoms with Crippen LogP contribution in [0.1, 0.15) is 51.7 Å².